The van der Waals surface area contributed by atoms with Crippen LogP contribution in [0.4, 0.5) is 5.69 Å². The molecule has 7 rings (SSSR count). The summed E-state index contributed by atoms with van der Waals surface area (Å²) >= 11 is 0. The molecule has 4 bridgehead atoms. The number of aliphatic hydroxyl groups excluding tert-OH is 1. The van der Waals surface area contributed by atoms with Crippen LogP contribution >= 0.6 is 0 Å². The minimum Gasteiger partial charge on any atom is -0.505 e. The summed E-state index contributed by atoms with van der Waals surface area (Å²) in [6.07, 6.45) is 6.94. The van der Waals surface area contributed by atoms with Gasteiger partial charge in [0, 0.05) is 61.9 Å². The number of ketones is 1. The summed E-state index contributed by atoms with van der Waals surface area (Å²) in [7, 11) is 1.51. The summed E-state index contributed by atoms with van der Waals surface area (Å²) in [5.41, 5.74) is -0.219. The highest BCUT2D eigenvalue weighted by Gasteiger charge is 2.49. The number of likely N-dealkylation sites (tertiary alicyclic amines) is 1. The second-order valence-electron chi connectivity index (χ2n) is 17.8. The first kappa shape index (κ1) is 46.2. The first-order chi connectivity index (χ1) is 30.4. The standard InChI is InChI=1S/C49H59N3O12/c1-24-13-11-14-25(2)48(58)51-40-43(56)37-36(39-46(40)63-35-23-32(15-16-33(35)50-39)60-22-20-52-18-12-19-52)38-45(30(7)42(37)55)64-49(9,47(38)57)61-21-17-34(59-10)29(6)44(62-31(8)53)28(5)26(3)27(4)41(24)54/h11,13-17,21,23-24,26-29,34,41,44,54,56H,12,18-20,22H2,1-10H3,(H,51,58)/b13-11+,21-17+,25-14-/t24-,26+,27-,28+,29+,34-,41-,44-,49-/m0/s1. The van der Waals surface area contributed by atoms with Gasteiger partial charge in [-0.25, -0.2) is 4.98 Å². The molecule has 342 valence electrons. The molecular weight excluding hydrogens is 823 g/mol. The van der Waals surface area contributed by atoms with Crippen LogP contribution in [0.15, 0.2) is 63.6 Å². The average Bonchev–Trinajstić information content (AvgIpc) is 3.51. The maximum Gasteiger partial charge on any atom is 0.312 e. The smallest absolute Gasteiger partial charge is 0.312 e. The number of esters is 1. The molecule has 0 aliphatic carbocycles. The van der Waals surface area contributed by atoms with Crippen molar-refractivity contribution in [1.29, 1.82) is 0 Å². The predicted molar refractivity (Wildman–Crippen MR) is 242 cm³/mol. The lowest BCUT2D eigenvalue weighted by Gasteiger charge is -2.39. The molecule has 4 heterocycles. The maximum absolute atomic E-state index is 14.7. The number of aromatic hydroxyl groups is 1. The number of phenolic OH excluding ortho intramolecular Hbond substituents is 1. The van der Waals surface area contributed by atoms with E-state index in [9.17, 15) is 29.4 Å². The predicted octanol–water partition coefficient (Wildman–Crippen LogP) is 7.36. The fourth-order valence-electron chi connectivity index (χ4n) is 8.99. The van der Waals surface area contributed by atoms with E-state index in [1.807, 2.05) is 34.6 Å². The van der Waals surface area contributed by atoms with Gasteiger partial charge in [0.15, 0.2) is 22.3 Å². The van der Waals surface area contributed by atoms with Crippen LogP contribution in [-0.2, 0) is 23.8 Å². The van der Waals surface area contributed by atoms with Crippen LogP contribution in [-0.4, -0.2) is 95.2 Å². The summed E-state index contributed by atoms with van der Waals surface area (Å²) in [6.45, 7) is 18.8. The van der Waals surface area contributed by atoms with E-state index in [4.69, 9.17) is 33.1 Å². The molecule has 1 fully saturated rings. The third-order valence-corrected chi connectivity index (χ3v) is 13.5. The summed E-state index contributed by atoms with van der Waals surface area (Å²) in [5.74, 6) is -5.37. The van der Waals surface area contributed by atoms with Crippen LogP contribution in [0, 0.1) is 36.5 Å². The van der Waals surface area contributed by atoms with E-state index in [-0.39, 0.29) is 79.3 Å². The summed E-state index contributed by atoms with van der Waals surface area (Å²) < 4.78 is 36.7. The van der Waals surface area contributed by atoms with E-state index in [1.165, 1.54) is 34.1 Å². The number of nitrogens with zero attached hydrogens (tertiary/aromatic N) is 2. The Morgan fingerprint density at radius 1 is 1.02 bits per heavy atom. The number of fused-ring (bicyclic) bond motifs is 2. The van der Waals surface area contributed by atoms with Gasteiger partial charge in [-0.1, -0.05) is 52.8 Å². The van der Waals surface area contributed by atoms with Gasteiger partial charge in [0.1, 0.15) is 40.9 Å². The number of anilines is 1. The fourth-order valence-corrected chi connectivity index (χ4v) is 8.99. The zero-order chi connectivity index (χ0) is 46.4. The molecule has 9 atom stereocenters. The van der Waals surface area contributed by atoms with E-state index in [1.54, 1.807) is 49.4 Å². The number of amides is 1. The van der Waals surface area contributed by atoms with Crippen molar-refractivity contribution >= 4 is 56.3 Å². The summed E-state index contributed by atoms with van der Waals surface area (Å²) in [4.78, 5) is 62.7. The van der Waals surface area contributed by atoms with Gasteiger partial charge in [0.25, 0.3) is 11.7 Å². The van der Waals surface area contributed by atoms with Crippen LogP contribution in [0.25, 0.3) is 33.0 Å². The number of rotatable bonds is 6. The minimum atomic E-state index is -2.00. The van der Waals surface area contributed by atoms with Gasteiger partial charge in [0.2, 0.25) is 0 Å². The number of allylic oxidation sites excluding steroid dienone is 2. The summed E-state index contributed by atoms with van der Waals surface area (Å²) in [5, 5.41) is 26.1. The Morgan fingerprint density at radius 3 is 2.42 bits per heavy atom. The number of aromatic nitrogens is 1. The Hall–Kier alpha value is -5.77. The summed E-state index contributed by atoms with van der Waals surface area (Å²) in [6, 6.07) is 5.09. The van der Waals surface area contributed by atoms with Crippen molar-refractivity contribution in [3.05, 3.63) is 75.7 Å². The van der Waals surface area contributed by atoms with Gasteiger partial charge in [-0.05, 0) is 69.3 Å². The number of phenols is 1. The van der Waals surface area contributed by atoms with E-state index in [0.717, 1.165) is 26.1 Å². The molecule has 15 heteroatoms. The second-order valence-corrected chi connectivity index (χ2v) is 17.8. The molecule has 0 unspecified atom stereocenters. The number of carbonyl (C=O) groups is 3. The number of Topliss-reactive ketones (excluding diaryl/α,β-unsaturated/α-hetero) is 1. The fraction of sp³-hybridized carbons (Fsp3) is 0.490. The molecule has 1 amide bonds. The highest BCUT2D eigenvalue weighted by Crippen LogP contribution is 2.48. The second kappa shape index (κ2) is 18.4. The molecule has 0 saturated carbocycles. The third kappa shape index (κ3) is 8.60. The molecular formula is C49H59N3O12. The molecule has 1 aromatic heterocycles. The molecule has 0 spiro atoms. The van der Waals surface area contributed by atoms with Crippen LogP contribution in [0.1, 0.15) is 77.7 Å². The van der Waals surface area contributed by atoms with Crippen LogP contribution in [0.2, 0.25) is 0 Å². The van der Waals surface area contributed by atoms with Crippen LogP contribution in [0.3, 0.4) is 0 Å². The monoisotopic (exact) mass is 881 g/mol. The number of ether oxygens (including phenoxy) is 5. The molecule has 15 nitrogen and oxygen atoms in total. The van der Waals surface area contributed by atoms with Crippen molar-refractivity contribution < 1.29 is 52.7 Å². The SMILES string of the molecule is CO[C@H]1/C=C/O[C@@]2(C)Oc3c(C)c(=O)c4c(O)c(c5oc6cc(OCCN7CCC7)ccc6nc5c4c3C2=O)NC(=O)/C(C)=C\C=C\[C@H](C)[C@H](O)[C@@H](C)[C@@H](C)[C@@H](C)[C@H](OC(C)=O)[C@@H]1C. The molecule has 3 aliphatic heterocycles. The number of benzene rings is 3. The Morgan fingerprint density at radius 2 is 1.75 bits per heavy atom. The number of carbonyl (C=O) groups excluding carboxylic acids is 3. The molecule has 0 radical (unpaired) electrons. The third-order valence-electron chi connectivity index (χ3n) is 13.5. The van der Waals surface area contributed by atoms with Gasteiger partial charge in [-0.2, -0.15) is 0 Å². The average molecular weight is 882 g/mol. The number of aliphatic hydroxyl groups is 1. The first-order valence-corrected chi connectivity index (χ1v) is 21.9. The molecule has 4 aromatic rings. The van der Waals surface area contributed by atoms with Crippen LogP contribution < -0.4 is 20.2 Å². The van der Waals surface area contributed by atoms with E-state index in [2.05, 4.69) is 10.2 Å². The van der Waals surface area contributed by atoms with Gasteiger partial charge in [-0.3, -0.25) is 24.1 Å². The molecule has 3 N–H and O–H groups in total. The number of nitrogens with one attached hydrogen (secondary N) is 1. The van der Waals surface area contributed by atoms with E-state index in [0.29, 0.717) is 17.9 Å². The van der Waals surface area contributed by atoms with E-state index >= 15 is 0 Å². The van der Waals surface area contributed by atoms with Gasteiger partial charge >= 0.3 is 11.8 Å². The van der Waals surface area contributed by atoms with Gasteiger partial charge < -0.3 is 43.6 Å². The van der Waals surface area contributed by atoms with E-state index < -0.39 is 58.9 Å². The Labute approximate surface area is 372 Å². The zero-order valence-corrected chi connectivity index (χ0v) is 38.1. The van der Waals surface area contributed by atoms with Crippen molar-refractivity contribution in [2.45, 2.75) is 92.8 Å². The van der Waals surface area contributed by atoms with Crippen molar-refractivity contribution in [3.63, 3.8) is 0 Å². The Kier molecular flexibility index (Phi) is 13.3. The zero-order valence-electron chi connectivity index (χ0n) is 38.1. The Bertz CT molecular complexity index is 2650. The van der Waals surface area contributed by atoms with Crippen molar-refractivity contribution in [2.75, 3.05) is 38.7 Å². The number of hydrogen-bond donors (Lipinski definition) is 3. The van der Waals surface area contributed by atoms with Gasteiger partial charge in [0.05, 0.1) is 29.4 Å². The Balaban J connectivity index is 1.40. The maximum atomic E-state index is 14.7. The quantitative estimate of drug-likeness (QED) is 0.0752. The topological polar surface area (TPSA) is 196 Å². The molecule has 3 aliphatic rings. The lowest BCUT2D eigenvalue weighted by atomic mass is 9.73. The van der Waals surface area contributed by atoms with Crippen molar-refractivity contribution in [1.82, 2.24) is 9.88 Å². The van der Waals surface area contributed by atoms with Crippen LogP contribution in [0.5, 0.6) is 17.2 Å². The number of methoxy groups -OCH3 is 1. The van der Waals surface area contributed by atoms with Crippen molar-refractivity contribution in [2.24, 2.45) is 29.6 Å². The lowest BCUT2D eigenvalue weighted by Crippen LogP contribution is -2.43. The lowest BCUT2D eigenvalue weighted by molar-refractivity contribution is -0.157. The van der Waals surface area contributed by atoms with Gasteiger partial charge in [-0.15, -0.1) is 0 Å². The largest absolute Gasteiger partial charge is 0.505 e. The van der Waals surface area contributed by atoms with Crippen molar-refractivity contribution in [3.8, 4) is 17.2 Å². The molecule has 1 saturated heterocycles. The highest BCUT2D eigenvalue weighted by atomic mass is 16.7. The minimum absolute atomic E-state index is 0.00759. The molecule has 3 aromatic carbocycles. The first-order valence-electron chi connectivity index (χ1n) is 21.9. The highest BCUT2D eigenvalue weighted by molar-refractivity contribution is 6.26. The molecule has 64 heavy (non-hydrogen) atoms. The number of hydrogen-bond acceptors (Lipinski definition) is 14. The normalized spacial score (nSPS) is 30.0.